The number of halogens is 2. The normalized spacial score (nSPS) is 12.4. The van der Waals surface area contributed by atoms with E-state index in [2.05, 4.69) is 71.5 Å². The molecule has 0 aromatic heterocycles. The fourth-order valence-electron chi connectivity index (χ4n) is 2.36. The minimum atomic E-state index is 0.290. The van der Waals surface area contributed by atoms with Crippen LogP contribution in [-0.4, -0.2) is 6.54 Å². The molecule has 1 atom stereocenters. The Morgan fingerprint density at radius 1 is 1.14 bits per heavy atom. The molecule has 1 N–H and O–H groups in total. The van der Waals surface area contributed by atoms with Crippen LogP contribution in [0.5, 0.6) is 0 Å². The van der Waals surface area contributed by atoms with E-state index < -0.39 is 0 Å². The molecule has 0 radical (unpaired) electrons. The predicted octanol–water partition coefficient (Wildman–Crippen LogP) is 5.69. The largest absolute Gasteiger partial charge is 0.310 e. The summed E-state index contributed by atoms with van der Waals surface area (Å²) in [7, 11) is 0. The second kappa shape index (κ2) is 7.98. The highest BCUT2D eigenvalue weighted by Gasteiger charge is 2.13. The SMILES string of the molecule is CCCNC(Cc1ccc(C)cc1Cl)c1ccc(Br)cc1. The van der Waals surface area contributed by atoms with Crippen molar-refractivity contribution in [3.05, 3.63) is 68.7 Å². The molecule has 1 nitrogen and oxygen atoms in total. The molecule has 2 rings (SSSR count). The molecule has 3 heteroatoms. The van der Waals surface area contributed by atoms with Gasteiger partial charge in [0.05, 0.1) is 0 Å². The van der Waals surface area contributed by atoms with E-state index in [-0.39, 0.29) is 0 Å². The fourth-order valence-corrected chi connectivity index (χ4v) is 2.94. The lowest BCUT2D eigenvalue weighted by atomic mass is 9.98. The standard InChI is InChI=1S/C18H21BrClN/c1-3-10-21-18(14-6-8-16(19)9-7-14)12-15-5-4-13(2)11-17(15)20/h4-9,11,18,21H,3,10,12H2,1-2H3. The lowest BCUT2D eigenvalue weighted by Crippen LogP contribution is -2.24. The smallest absolute Gasteiger partial charge is 0.0441 e. The van der Waals surface area contributed by atoms with E-state index >= 15 is 0 Å². The van der Waals surface area contributed by atoms with Crippen LogP contribution in [0.3, 0.4) is 0 Å². The second-order valence-corrected chi connectivity index (χ2v) is 6.68. The Labute approximate surface area is 140 Å². The maximum atomic E-state index is 6.39. The van der Waals surface area contributed by atoms with Crippen molar-refractivity contribution >= 4 is 27.5 Å². The first-order valence-corrected chi connectivity index (χ1v) is 8.51. The average Bonchev–Trinajstić information content (AvgIpc) is 2.46. The summed E-state index contributed by atoms with van der Waals surface area (Å²) < 4.78 is 1.11. The maximum absolute atomic E-state index is 6.39. The number of hydrogen-bond acceptors (Lipinski definition) is 1. The zero-order valence-electron chi connectivity index (χ0n) is 12.5. The molecule has 0 saturated carbocycles. The Morgan fingerprint density at radius 3 is 2.48 bits per heavy atom. The molecular weight excluding hydrogens is 346 g/mol. The van der Waals surface area contributed by atoms with Crippen LogP contribution >= 0.6 is 27.5 Å². The molecule has 0 amide bonds. The Balaban J connectivity index is 2.21. The van der Waals surface area contributed by atoms with Gasteiger partial charge < -0.3 is 5.32 Å². The summed E-state index contributed by atoms with van der Waals surface area (Å²) in [5.41, 5.74) is 3.69. The van der Waals surface area contributed by atoms with Crippen molar-refractivity contribution in [2.45, 2.75) is 32.7 Å². The minimum Gasteiger partial charge on any atom is -0.310 e. The second-order valence-electron chi connectivity index (χ2n) is 5.36. The molecule has 0 aliphatic heterocycles. The van der Waals surface area contributed by atoms with E-state index in [0.29, 0.717) is 6.04 Å². The third-order valence-corrected chi connectivity index (χ3v) is 4.43. The molecule has 112 valence electrons. The summed E-state index contributed by atoms with van der Waals surface area (Å²) >= 11 is 9.88. The van der Waals surface area contributed by atoms with Crippen LogP contribution < -0.4 is 5.32 Å². The van der Waals surface area contributed by atoms with E-state index in [0.717, 1.165) is 28.9 Å². The van der Waals surface area contributed by atoms with Gasteiger partial charge in [0.2, 0.25) is 0 Å². The molecule has 0 saturated heterocycles. The van der Waals surface area contributed by atoms with Crippen LogP contribution in [0.2, 0.25) is 5.02 Å². The first kappa shape index (κ1) is 16.5. The van der Waals surface area contributed by atoms with Gasteiger partial charge in [-0.2, -0.15) is 0 Å². The lowest BCUT2D eigenvalue weighted by molar-refractivity contribution is 0.529. The number of nitrogens with one attached hydrogen (secondary N) is 1. The van der Waals surface area contributed by atoms with Gasteiger partial charge in [-0.25, -0.2) is 0 Å². The molecule has 0 spiro atoms. The number of hydrogen-bond donors (Lipinski definition) is 1. The Kier molecular flexibility index (Phi) is 6.28. The van der Waals surface area contributed by atoms with Crippen LogP contribution in [0, 0.1) is 6.92 Å². The van der Waals surface area contributed by atoms with Gasteiger partial charge in [-0.15, -0.1) is 0 Å². The summed E-state index contributed by atoms with van der Waals surface area (Å²) in [5.74, 6) is 0. The van der Waals surface area contributed by atoms with Crippen LogP contribution in [0.25, 0.3) is 0 Å². The van der Waals surface area contributed by atoms with Crippen molar-refractivity contribution in [3.63, 3.8) is 0 Å². The molecule has 2 aromatic rings. The van der Waals surface area contributed by atoms with Gasteiger partial charge in [0, 0.05) is 15.5 Å². The van der Waals surface area contributed by atoms with Gasteiger partial charge in [-0.1, -0.05) is 58.7 Å². The van der Waals surface area contributed by atoms with Gasteiger partial charge in [0.25, 0.3) is 0 Å². The van der Waals surface area contributed by atoms with Crippen molar-refractivity contribution < 1.29 is 0 Å². The zero-order chi connectivity index (χ0) is 15.2. The van der Waals surface area contributed by atoms with Crippen molar-refractivity contribution in [2.75, 3.05) is 6.54 Å². The van der Waals surface area contributed by atoms with E-state index in [1.165, 1.54) is 16.7 Å². The van der Waals surface area contributed by atoms with Crippen LogP contribution in [-0.2, 0) is 6.42 Å². The zero-order valence-corrected chi connectivity index (χ0v) is 14.8. The van der Waals surface area contributed by atoms with E-state index in [4.69, 9.17) is 11.6 Å². The third kappa shape index (κ3) is 4.84. The van der Waals surface area contributed by atoms with Crippen molar-refractivity contribution in [3.8, 4) is 0 Å². The maximum Gasteiger partial charge on any atom is 0.0441 e. The van der Waals surface area contributed by atoms with Crippen LogP contribution in [0.1, 0.15) is 36.1 Å². The molecule has 21 heavy (non-hydrogen) atoms. The molecule has 0 aliphatic carbocycles. The monoisotopic (exact) mass is 365 g/mol. The average molecular weight is 367 g/mol. The summed E-state index contributed by atoms with van der Waals surface area (Å²) in [6.45, 7) is 5.26. The van der Waals surface area contributed by atoms with Crippen molar-refractivity contribution in [1.82, 2.24) is 5.32 Å². The molecule has 0 bridgehead atoms. The fraction of sp³-hybridized carbons (Fsp3) is 0.333. The molecule has 0 aliphatic rings. The summed E-state index contributed by atoms with van der Waals surface area (Å²) in [6.07, 6.45) is 2.02. The highest BCUT2D eigenvalue weighted by Crippen LogP contribution is 2.25. The first-order chi connectivity index (χ1) is 10.1. The molecule has 0 heterocycles. The van der Waals surface area contributed by atoms with E-state index in [1.807, 2.05) is 6.07 Å². The highest BCUT2D eigenvalue weighted by molar-refractivity contribution is 9.10. The summed E-state index contributed by atoms with van der Waals surface area (Å²) in [6, 6.07) is 15.1. The molecule has 0 fully saturated rings. The van der Waals surface area contributed by atoms with E-state index in [1.54, 1.807) is 0 Å². The number of rotatable bonds is 6. The quantitative estimate of drug-likeness (QED) is 0.692. The number of benzene rings is 2. The molecular formula is C18H21BrClN. The van der Waals surface area contributed by atoms with Gasteiger partial charge >= 0.3 is 0 Å². The minimum absolute atomic E-state index is 0.290. The van der Waals surface area contributed by atoms with Crippen molar-refractivity contribution in [2.24, 2.45) is 0 Å². The molecule has 2 aromatic carbocycles. The Morgan fingerprint density at radius 2 is 1.86 bits per heavy atom. The lowest BCUT2D eigenvalue weighted by Gasteiger charge is -2.20. The van der Waals surface area contributed by atoms with Crippen molar-refractivity contribution in [1.29, 1.82) is 0 Å². The van der Waals surface area contributed by atoms with Gasteiger partial charge in [-0.3, -0.25) is 0 Å². The van der Waals surface area contributed by atoms with Crippen LogP contribution in [0.15, 0.2) is 46.9 Å². The van der Waals surface area contributed by atoms with Gasteiger partial charge in [0.15, 0.2) is 0 Å². The predicted molar refractivity (Wildman–Crippen MR) is 95.1 cm³/mol. The van der Waals surface area contributed by atoms with Crippen LogP contribution in [0.4, 0.5) is 0 Å². The summed E-state index contributed by atoms with van der Waals surface area (Å²) in [4.78, 5) is 0. The Bertz CT molecular complexity index is 580. The number of aryl methyl sites for hydroxylation is 1. The Hall–Kier alpha value is -0.830. The topological polar surface area (TPSA) is 12.0 Å². The highest BCUT2D eigenvalue weighted by atomic mass is 79.9. The summed E-state index contributed by atoms with van der Waals surface area (Å²) in [5, 5.41) is 4.48. The molecule has 1 unspecified atom stereocenters. The van der Waals surface area contributed by atoms with Gasteiger partial charge in [0.1, 0.15) is 0 Å². The third-order valence-electron chi connectivity index (χ3n) is 3.55. The van der Waals surface area contributed by atoms with Gasteiger partial charge in [-0.05, 0) is 61.2 Å². The van der Waals surface area contributed by atoms with E-state index in [9.17, 15) is 0 Å². The first-order valence-electron chi connectivity index (χ1n) is 7.34.